The fraction of sp³-hybridized carbons (Fsp3) is 0.174. The minimum Gasteiger partial charge on any atom is -0.373 e. The lowest BCUT2D eigenvalue weighted by molar-refractivity contribution is 0.229. The van der Waals surface area contributed by atoms with Gasteiger partial charge in [-0.05, 0) is 59.3 Å². The molecule has 11 heteroatoms. The largest absolute Gasteiger partial charge is 0.373 e. The summed E-state index contributed by atoms with van der Waals surface area (Å²) in [5.41, 5.74) is 2.92. The molecule has 1 unspecified atom stereocenters. The van der Waals surface area contributed by atoms with Gasteiger partial charge < -0.3 is 10.4 Å². The molecule has 0 radical (unpaired) electrons. The highest BCUT2D eigenvalue weighted by Gasteiger charge is 2.22. The van der Waals surface area contributed by atoms with E-state index in [1.807, 2.05) is 37.3 Å². The number of nitrogens with one attached hydrogen (secondary N) is 1. The molecule has 3 aromatic carbocycles. The number of sulfonamides is 1. The number of hydrogen-bond acceptors (Lipinski definition) is 8. The molecule has 2 N–H and O–H groups in total. The summed E-state index contributed by atoms with van der Waals surface area (Å²) >= 11 is 1.28. The van der Waals surface area contributed by atoms with Gasteiger partial charge in [0, 0.05) is 18.5 Å². The number of aromatic nitrogens is 4. The minimum absolute atomic E-state index is 0.118. The zero-order valence-electron chi connectivity index (χ0n) is 18.6. The molecule has 0 aliphatic rings. The predicted molar refractivity (Wildman–Crippen MR) is 133 cm³/mol. The Kier molecular flexibility index (Phi) is 7.15. The van der Waals surface area contributed by atoms with Gasteiger partial charge in [0.2, 0.25) is 5.16 Å². The van der Waals surface area contributed by atoms with Gasteiger partial charge in [0.25, 0.3) is 10.0 Å². The van der Waals surface area contributed by atoms with Gasteiger partial charge in [-0.1, -0.05) is 54.2 Å². The van der Waals surface area contributed by atoms with Crippen LogP contribution in [-0.4, -0.2) is 52.8 Å². The molecule has 176 valence electrons. The third-order valence-corrected chi connectivity index (χ3v) is 7.88. The average Bonchev–Trinajstić information content (AvgIpc) is 3.31. The van der Waals surface area contributed by atoms with E-state index in [9.17, 15) is 13.5 Å². The second kappa shape index (κ2) is 10.2. The summed E-state index contributed by atoms with van der Waals surface area (Å²) in [5, 5.41) is 25.9. The molecule has 0 bridgehead atoms. The van der Waals surface area contributed by atoms with Crippen LogP contribution < -0.4 is 9.62 Å². The van der Waals surface area contributed by atoms with Crippen molar-refractivity contribution < 1.29 is 13.5 Å². The molecule has 0 amide bonds. The number of nitrogens with zero attached hydrogens (tertiary/aromatic N) is 5. The number of thioether (sulfide) groups is 1. The van der Waals surface area contributed by atoms with E-state index in [1.54, 1.807) is 41.1 Å². The van der Waals surface area contributed by atoms with Crippen molar-refractivity contribution in [3.05, 3.63) is 84.4 Å². The Morgan fingerprint density at radius 1 is 1.06 bits per heavy atom. The molecular formula is C23H24N6O3S2. The maximum Gasteiger partial charge on any atom is 0.264 e. The van der Waals surface area contributed by atoms with Crippen molar-refractivity contribution >= 4 is 33.2 Å². The Labute approximate surface area is 202 Å². The lowest BCUT2D eigenvalue weighted by Gasteiger charge is -2.20. The Bertz CT molecular complexity index is 1360. The van der Waals surface area contributed by atoms with E-state index in [-0.39, 0.29) is 10.6 Å². The normalized spacial score (nSPS) is 12.3. The number of anilines is 2. The highest BCUT2D eigenvalue weighted by Crippen LogP contribution is 2.25. The van der Waals surface area contributed by atoms with E-state index in [4.69, 9.17) is 0 Å². The van der Waals surface area contributed by atoms with Crippen molar-refractivity contribution in [1.29, 1.82) is 0 Å². The number of aliphatic hydroxyl groups excluding tert-OH is 1. The molecule has 9 nitrogen and oxygen atoms in total. The van der Waals surface area contributed by atoms with E-state index >= 15 is 0 Å². The first-order valence-electron chi connectivity index (χ1n) is 10.4. The molecule has 0 aliphatic heterocycles. The molecule has 0 aliphatic carbocycles. The first-order valence-corrected chi connectivity index (χ1v) is 12.8. The Morgan fingerprint density at radius 3 is 2.56 bits per heavy atom. The van der Waals surface area contributed by atoms with Gasteiger partial charge in [-0.25, -0.2) is 8.42 Å². The molecule has 0 saturated carbocycles. The van der Waals surface area contributed by atoms with Gasteiger partial charge in [-0.15, -0.1) is 5.10 Å². The Morgan fingerprint density at radius 2 is 1.79 bits per heavy atom. The van der Waals surface area contributed by atoms with Gasteiger partial charge in [0.1, 0.15) is 6.23 Å². The lowest BCUT2D eigenvalue weighted by atomic mass is 10.2. The summed E-state index contributed by atoms with van der Waals surface area (Å²) in [5.74, 6) is 0.243. The highest BCUT2D eigenvalue weighted by atomic mass is 32.2. The molecule has 1 heterocycles. The second-order valence-electron chi connectivity index (χ2n) is 7.47. The van der Waals surface area contributed by atoms with Crippen molar-refractivity contribution in [1.82, 2.24) is 20.2 Å². The van der Waals surface area contributed by atoms with Crippen molar-refractivity contribution in [3.63, 3.8) is 0 Å². The number of benzene rings is 3. The summed E-state index contributed by atoms with van der Waals surface area (Å²) in [6.07, 6.45) is -0.961. The van der Waals surface area contributed by atoms with Crippen LogP contribution in [0.4, 0.5) is 11.4 Å². The predicted octanol–water partition coefficient (Wildman–Crippen LogP) is 3.32. The van der Waals surface area contributed by atoms with Crippen LogP contribution in [-0.2, 0) is 10.0 Å². The monoisotopic (exact) mass is 496 g/mol. The third-order valence-electron chi connectivity index (χ3n) is 5.10. The smallest absolute Gasteiger partial charge is 0.264 e. The van der Waals surface area contributed by atoms with Gasteiger partial charge >= 0.3 is 0 Å². The maximum absolute atomic E-state index is 13.1. The van der Waals surface area contributed by atoms with Crippen LogP contribution in [0.5, 0.6) is 0 Å². The van der Waals surface area contributed by atoms with E-state index in [1.165, 1.54) is 35.2 Å². The van der Waals surface area contributed by atoms with Gasteiger partial charge in [-0.3, -0.25) is 4.31 Å². The van der Waals surface area contributed by atoms with E-state index in [0.717, 1.165) is 11.3 Å². The van der Waals surface area contributed by atoms with Crippen LogP contribution in [0.1, 0.15) is 5.56 Å². The molecule has 1 aromatic heterocycles. The molecular weight excluding hydrogens is 472 g/mol. The van der Waals surface area contributed by atoms with Gasteiger partial charge in [0.05, 0.1) is 16.3 Å². The Balaban J connectivity index is 1.43. The zero-order valence-corrected chi connectivity index (χ0v) is 20.2. The highest BCUT2D eigenvalue weighted by molar-refractivity contribution is 7.99. The van der Waals surface area contributed by atoms with Crippen LogP contribution in [0.2, 0.25) is 0 Å². The number of aliphatic hydroxyl groups is 1. The molecule has 4 rings (SSSR count). The summed E-state index contributed by atoms with van der Waals surface area (Å²) in [6.45, 7) is 1.97. The number of hydrogen-bond donors (Lipinski definition) is 2. The fourth-order valence-electron chi connectivity index (χ4n) is 3.29. The zero-order chi connectivity index (χ0) is 24.1. The first kappa shape index (κ1) is 23.7. The molecule has 0 fully saturated rings. The fourth-order valence-corrected chi connectivity index (χ4v) is 5.27. The van der Waals surface area contributed by atoms with E-state index in [2.05, 4.69) is 20.8 Å². The third kappa shape index (κ3) is 5.22. The Hall–Kier alpha value is -3.41. The van der Waals surface area contributed by atoms with Crippen LogP contribution in [0, 0.1) is 6.92 Å². The molecule has 0 spiro atoms. The standard InChI is InChI=1S/C23H24N6O3S2/c1-17-9-6-7-14-21(17)29-23(25-26-27-29)33-16-22(30)24-18-10-8-13-20(15-18)34(31,32)28(2)19-11-4-3-5-12-19/h3-15,22,24,30H,16H2,1-2H3. The topological polar surface area (TPSA) is 113 Å². The molecule has 34 heavy (non-hydrogen) atoms. The number of aryl methyl sites for hydroxylation is 1. The molecule has 0 saturated heterocycles. The van der Waals surface area contributed by atoms with E-state index in [0.29, 0.717) is 16.5 Å². The number of para-hydroxylation sites is 2. The summed E-state index contributed by atoms with van der Waals surface area (Å²) in [4.78, 5) is 0.118. The van der Waals surface area contributed by atoms with Crippen LogP contribution >= 0.6 is 11.8 Å². The summed E-state index contributed by atoms with van der Waals surface area (Å²) in [7, 11) is -2.25. The lowest BCUT2D eigenvalue weighted by Crippen LogP contribution is -2.27. The van der Waals surface area contributed by atoms with Crippen LogP contribution in [0.15, 0.2) is 88.9 Å². The van der Waals surface area contributed by atoms with Crippen LogP contribution in [0.25, 0.3) is 5.69 Å². The van der Waals surface area contributed by atoms with Gasteiger partial charge in [-0.2, -0.15) is 4.68 Å². The van der Waals surface area contributed by atoms with Crippen LogP contribution in [0.3, 0.4) is 0 Å². The SMILES string of the molecule is Cc1ccccc1-n1nnnc1SCC(O)Nc1cccc(S(=O)(=O)N(C)c2ccccc2)c1. The summed E-state index contributed by atoms with van der Waals surface area (Å²) in [6, 6.07) is 22.9. The van der Waals surface area contributed by atoms with Crippen molar-refractivity contribution in [2.24, 2.45) is 0 Å². The van der Waals surface area contributed by atoms with Gasteiger partial charge in [0.15, 0.2) is 0 Å². The summed E-state index contributed by atoms with van der Waals surface area (Å²) < 4.78 is 29.0. The second-order valence-corrected chi connectivity index (χ2v) is 10.4. The van der Waals surface area contributed by atoms with Crippen molar-refractivity contribution in [2.45, 2.75) is 23.2 Å². The molecule has 1 atom stereocenters. The number of tetrazole rings is 1. The quantitative estimate of drug-likeness (QED) is 0.268. The first-order chi connectivity index (χ1) is 16.4. The maximum atomic E-state index is 13.1. The minimum atomic E-state index is -3.76. The van der Waals surface area contributed by atoms with Crippen molar-refractivity contribution in [3.8, 4) is 5.69 Å². The number of rotatable bonds is 9. The van der Waals surface area contributed by atoms with E-state index < -0.39 is 16.3 Å². The average molecular weight is 497 g/mol. The molecule has 4 aromatic rings. The van der Waals surface area contributed by atoms with Crippen molar-refractivity contribution in [2.75, 3.05) is 22.4 Å².